The number of hydrogen-bond donors (Lipinski definition) is 5. The van der Waals surface area contributed by atoms with E-state index in [4.69, 9.17) is 23.7 Å². The van der Waals surface area contributed by atoms with E-state index in [9.17, 15) is 0 Å². The van der Waals surface area contributed by atoms with Crippen LogP contribution in [0.4, 0.5) is 34.9 Å². The summed E-state index contributed by atoms with van der Waals surface area (Å²) in [5.41, 5.74) is 2.73. The number of likely N-dealkylation sites (N-methyl/N-ethyl adjacent to an activating group) is 1. The minimum Gasteiger partial charge on any atom is -0.492 e. The van der Waals surface area contributed by atoms with Crippen molar-refractivity contribution in [2.24, 2.45) is 5.92 Å². The molecule has 0 bridgehead atoms. The topological polar surface area (TPSA) is 161 Å². The second-order valence-corrected chi connectivity index (χ2v) is 12.0. The smallest absolute Gasteiger partial charge is 0.229 e. The van der Waals surface area contributed by atoms with E-state index in [0.717, 1.165) is 26.1 Å². The maximum atomic E-state index is 6.58. The highest BCUT2D eigenvalue weighted by molar-refractivity contribution is 5.87. The molecule has 2 atom stereocenters. The third-order valence-electron chi connectivity index (χ3n) is 8.63. The lowest BCUT2D eigenvalue weighted by molar-refractivity contribution is 0.0586. The van der Waals surface area contributed by atoms with E-state index < -0.39 is 0 Å². The van der Waals surface area contributed by atoms with Gasteiger partial charge in [-0.3, -0.25) is 0 Å². The van der Waals surface area contributed by atoms with Crippen LogP contribution in [0.15, 0.2) is 48.8 Å². The van der Waals surface area contributed by atoms with Gasteiger partial charge in [-0.25, -0.2) is 9.97 Å². The molecule has 15 heteroatoms. The zero-order valence-corrected chi connectivity index (χ0v) is 30.5. The molecule has 2 aromatic carbocycles. The Hall–Kier alpha value is -5.12. The van der Waals surface area contributed by atoms with Crippen LogP contribution in [0.25, 0.3) is 11.1 Å². The average Bonchev–Trinajstić information content (AvgIpc) is 3.63. The van der Waals surface area contributed by atoms with Crippen LogP contribution < -0.4 is 45.5 Å². The number of aromatic nitrogens is 4. The zero-order chi connectivity index (χ0) is 36.2. The lowest BCUT2D eigenvalue weighted by atomic mass is 10.00. The average molecular weight is 703 g/mol. The van der Waals surface area contributed by atoms with E-state index in [1.165, 1.54) is 0 Å². The third kappa shape index (κ3) is 9.57. The molecule has 0 saturated carbocycles. The van der Waals surface area contributed by atoms with E-state index in [1.807, 2.05) is 38.4 Å². The summed E-state index contributed by atoms with van der Waals surface area (Å²) in [4.78, 5) is 20.4. The second kappa shape index (κ2) is 18.2. The van der Waals surface area contributed by atoms with E-state index in [0.29, 0.717) is 88.1 Å². The minimum atomic E-state index is -0.204. The molecule has 274 valence electrons. The van der Waals surface area contributed by atoms with Crippen molar-refractivity contribution >= 4 is 34.9 Å². The molecule has 51 heavy (non-hydrogen) atoms. The Morgan fingerprint density at radius 3 is 1.84 bits per heavy atom. The van der Waals surface area contributed by atoms with Crippen molar-refractivity contribution in [3.63, 3.8) is 0 Å². The summed E-state index contributed by atoms with van der Waals surface area (Å²) in [5, 5.41) is 16.0. The van der Waals surface area contributed by atoms with Gasteiger partial charge in [0, 0.05) is 87.2 Å². The van der Waals surface area contributed by atoms with Crippen LogP contribution in [0.3, 0.4) is 0 Å². The molecule has 1 fully saturated rings. The number of ether oxygens (including phenoxy) is 5. The van der Waals surface area contributed by atoms with Crippen LogP contribution in [0.1, 0.15) is 13.3 Å². The summed E-state index contributed by atoms with van der Waals surface area (Å²) in [6, 6.07) is 11.3. The van der Waals surface area contributed by atoms with Crippen molar-refractivity contribution in [1.29, 1.82) is 0 Å². The van der Waals surface area contributed by atoms with E-state index in [1.54, 1.807) is 52.9 Å². The van der Waals surface area contributed by atoms with Gasteiger partial charge < -0.3 is 55.2 Å². The molecule has 0 spiro atoms. The summed E-state index contributed by atoms with van der Waals surface area (Å²) < 4.78 is 30.8. The van der Waals surface area contributed by atoms with Crippen molar-refractivity contribution in [1.82, 2.24) is 30.2 Å². The first-order valence-electron chi connectivity index (χ1n) is 17.1. The molecule has 5 N–H and O–H groups in total. The molecule has 2 aromatic heterocycles. The van der Waals surface area contributed by atoms with Crippen molar-refractivity contribution in [3.8, 4) is 34.1 Å². The van der Waals surface area contributed by atoms with Crippen molar-refractivity contribution in [2.45, 2.75) is 19.4 Å². The van der Waals surface area contributed by atoms with Gasteiger partial charge in [0.25, 0.3) is 0 Å². The molecule has 0 radical (unpaired) electrons. The quantitative estimate of drug-likeness (QED) is 0.0901. The molecule has 4 aromatic rings. The molecule has 3 heterocycles. The van der Waals surface area contributed by atoms with Crippen LogP contribution in [0.5, 0.6) is 23.0 Å². The van der Waals surface area contributed by atoms with Crippen molar-refractivity contribution in [3.05, 3.63) is 48.8 Å². The van der Waals surface area contributed by atoms with Gasteiger partial charge in [-0.2, -0.15) is 9.97 Å². The molecule has 5 rings (SSSR count). The molecule has 1 aliphatic heterocycles. The summed E-state index contributed by atoms with van der Waals surface area (Å²) in [6.45, 7) is 6.67. The largest absolute Gasteiger partial charge is 0.492 e. The minimum absolute atomic E-state index is 0.204. The van der Waals surface area contributed by atoms with Gasteiger partial charge in [0.1, 0.15) is 24.3 Å². The predicted molar refractivity (Wildman–Crippen MR) is 201 cm³/mol. The molecule has 0 aliphatic carbocycles. The second-order valence-electron chi connectivity index (χ2n) is 12.0. The molecule has 15 nitrogen and oxygen atoms in total. The van der Waals surface area contributed by atoms with Crippen LogP contribution in [-0.4, -0.2) is 113 Å². The number of rotatable bonds is 19. The summed E-state index contributed by atoms with van der Waals surface area (Å²) >= 11 is 0. The van der Waals surface area contributed by atoms with Crippen molar-refractivity contribution < 1.29 is 23.7 Å². The molecular formula is C36H50N10O5. The molecule has 0 amide bonds. The molecule has 1 saturated heterocycles. The van der Waals surface area contributed by atoms with Gasteiger partial charge in [0.15, 0.2) is 23.0 Å². The number of methoxy groups -OCH3 is 3. The van der Waals surface area contributed by atoms with E-state index >= 15 is 0 Å². The Labute approximate surface area is 299 Å². The first-order chi connectivity index (χ1) is 24.9. The Morgan fingerprint density at radius 1 is 0.804 bits per heavy atom. The van der Waals surface area contributed by atoms with Crippen LogP contribution in [0.2, 0.25) is 0 Å². The number of benzene rings is 2. The normalized spacial score (nSPS) is 14.8. The van der Waals surface area contributed by atoms with Crippen LogP contribution in [0, 0.1) is 5.92 Å². The maximum absolute atomic E-state index is 6.58. The highest BCUT2D eigenvalue weighted by atomic mass is 16.5. The number of hydrogen-bond acceptors (Lipinski definition) is 15. The first kappa shape index (κ1) is 37.1. The Kier molecular flexibility index (Phi) is 13.3. The lowest BCUT2D eigenvalue weighted by Crippen LogP contribution is -2.31. The summed E-state index contributed by atoms with van der Waals surface area (Å²) in [7, 11) is 10.4. The molecular weight excluding hydrogens is 652 g/mol. The number of nitrogens with one attached hydrogen (secondary N) is 5. The fourth-order valence-electron chi connectivity index (χ4n) is 5.92. The molecule has 1 aliphatic rings. The molecule has 0 unspecified atom stereocenters. The predicted octanol–water partition coefficient (Wildman–Crippen LogP) is 4.86. The fraction of sp³-hybridized carbons (Fsp3) is 0.444. The number of likely N-dealkylation sites (tertiary alicyclic amines) is 1. The van der Waals surface area contributed by atoms with Gasteiger partial charge in [0.05, 0.1) is 20.8 Å². The summed E-state index contributed by atoms with van der Waals surface area (Å²) in [6.07, 6.45) is 4.24. The number of anilines is 6. The van der Waals surface area contributed by atoms with Crippen LogP contribution >= 0.6 is 0 Å². The van der Waals surface area contributed by atoms with E-state index in [2.05, 4.69) is 58.3 Å². The highest BCUT2D eigenvalue weighted by Gasteiger charge is 2.26. The highest BCUT2D eigenvalue weighted by Crippen LogP contribution is 2.49. The van der Waals surface area contributed by atoms with Gasteiger partial charge in [-0.15, -0.1) is 0 Å². The Bertz CT molecular complexity index is 1730. The van der Waals surface area contributed by atoms with Gasteiger partial charge in [-0.1, -0.05) is 6.92 Å². The third-order valence-corrected chi connectivity index (χ3v) is 8.63. The van der Waals surface area contributed by atoms with Gasteiger partial charge in [0.2, 0.25) is 11.9 Å². The fourth-order valence-corrected chi connectivity index (χ4v) is 5.92. The zero-order valence-electron chi connectivity index (χ0n) is 30.5. The monoisotopic (exact) mass is 702 g/mol. The summed E-state index contributed by atoms with van der Waals surface area (Å²) in [5.74, 6) is 4.65. The van der Waals surface area contributed by atoms with Crippen molar-refractivity contribution in [2.75, 3.05) is 103 Å². The van der Waals surface area contributed by atoms with Gasteiger partial charge in [-0.05, 0) is 50.8 Å². The lowest BCUT2D eigenvalue weighted by Gasteiger charge is -2.23. The van der Waals surface area contributed by atoms with Crippen LogP contribution in [-0.2, 0) is 4.74 Å². The van der Waals surface area contributed by atoms with E-state index in [-0.39, 0.29) is 12.7 Å². The first-order valence-corrected chi connectivity index (χ1v) is 17.1. The Morgan fingerprint density at radius 2 is 1.37 bits per heavy atom. The van der Waals surface area contributed by atoms with Gasteiger partial charge >= 0.3 is 0 Å². The standard InChI is InChI=1S/C36H50N10O5/c1-8-46-14-11-23(20-46)21-50-29-17-24(42-35-40-12-9-31(38-3)44-35)15-27(33(29)48-6)28-16-25(43-36-41-13-10-32(39-4)45-36)18-30(34(28)49-7)51-22-26(47-5)19-37-2/h9-10,12-13,15-18,23,26,37H,8,11,14,19-22H2,1-7H3,(H2,38,40,42,44)(H2,39,41,43,45)/t23-,26+/m1/s1. The number of nitrogens with zero attached hydrogens (tertiary/aromatic N) is 5. The Balaban J connectivity index is 1.63. The SMILES string of the molecule is CCN1CC[C@@H](COc2cc(Nc3nccc(NC)n3)cc(-c3cc(Nc4nccc(NC)n4)cc(OC[C@H](CNC)OC)c3OC)c2OC)C1. The maximum Gasteiger partial charge on any atom is 0.229 e.